The molecule has 0 radical (unpaired) electrons. The van der Waals surface area contributed by atoms with E-state index in [1.807, 2.05) is 0 Å². The minimum absolute atomic E-state index is 0.108. The first-order valence-electron chi connectivity index (χ1n) is 24.8. The van der Waals surface area contributed by atoms with Crippen molar-refractivity contribution in [2.45, 2.75) is 77.4 Å². The molecule has 0 saturated carbocycles. The standard InChI is InChI=1S/C17H25NO6.C14H19NO5/c1-16(2,3)24-15(21)18-17(4,14(19)20)12-6-8-13(9-7-12)23-11-10-22-5;1-13(2,3)20-12(19)15-14(4,11(17)18)9-5-7-10(16)8-6-9/h6-9H,10-11H2,1-5H3,(H,18,21)(H,19,20);5-8,16H,1-4H3,(H,15,19)(H,17,18)/i1D3,2D3,3D3,4D3,5D3,6D,7D,8D,9D,10D2,11D2;5D,7D/hD2. The molecule has 44 heavy (non-hydrogen) atoms. The lowest BCUT2D eigenvalue weighted by Gasteiger charge is -2.29. The molecule has 0 aliphatic heterocycles. The second-order valence-corrected chi connectivity index (χ2v) is 9.21. The van der Waals surface area contributed by atoms with E-state index in [2.05, 4.69) is 24.6 Å². The van der Waals surface area contributed by atoms with Gasteiger partial charge in [-0.05, 0) is 90.4 Å². The number of aliphatic carboxylic acids is 2. The average Bonchev–Trinajstić information content (AvgIpc) is 3.14. The summed E-state index contributed by atoms with van der Waals surface area (Å²) < 4.78 is 224. The quantitative estimate of drug-likeness (QED) is 0.239. The van der Waals surface area contributed by atoms with E-state index in [0.717, 1.165) is 6.07 Å². The van der Waals surface area contributed by atoms with E-state index in [1.54, 1.807) is 20.8 Å². The Morgan fingerprint density at radius 2 is 1.50 bits per heavy atom. The third kappa shape index (κ3) is 12.0. The van der Waals surface area contributed by atoms with Crippen LogP contribution in [0.25, 0.3) is 1.43 Å². The number of methoxy groups -OCH3 is 1. The number of benzene rings is 2. The molecular formula is C31H44N2O11. The van der Waals surface area contributed by atoms with E-state index < -0.39 is 153 Å². The van der Waals surface area contributed by atoms with Crippen LogP contribution in [0.1, 0.15) is 100 Å². The van der Waals surface area contributed by atoms with Crippen molar-refractivity contribution >= 4 is 24.1 Å². The number of alkyl carbamates (subject to hydrolysis) is 2. The maximum absolute atomic E-state index is 13.2. The molecule has 13 nitrogen and oxygen atoms in total. The molecule has 0 aromatic heterocycles. The van der Waals surface area contributed by atoms with Gasteiger partial charge in [-0.25, -0.2) is 19.2 Å². The van der Waals surface area contributed by atoms with Crippen molar-refractivity contribution < 1.29 is 89.1 Å². The van der Waals surface area contributed by atoms with E-state index in [-0.39, 0.29) is 5.56 Å². The molecule has 2 atom stereocenters. The highest BCUT2D eigenvalue weighted by atomic mass is 16.6. The number of rotatable bonds is 10. The van der Waals surface area contributed by atoms with E-state index in [9.17, 15) is 29.4 Å². The Kier molecular flexibility index (Phi) is 4.59. The molecule has 2 aromatic carbocycles. The number of carboxylic acids is 2. The molecule has 0 aliphatic rings. The lowest BCUT2D eigenvalue weighted by Crippen LogP contribution is -2.51. The van der Waals surface area contributed by atoms with Crippen molar-refractivity contribution in [3.05, 3.63) is 59.5 Å². The number of aromatic hydroxyl groups is 1. The number of hydrogen-bond acceptors (Lipinski definition) is 10. The van der Waals surface area contributed by atoms with E-state index >= 15 is 0 Å². The first-order chi connectivity index (χ1) is 31.2. The molecule has 2 aromatic rings. The Balaban J connectivity index is 0.000000911. The van der Waals surface area contributed by atoms with E-state index in [1.165, 1.54) is 13.0 Å². The summed E-state index contributed by atoms with van der Waals surface area (Å²) >= 11 is 0. The predicted molar refractivity (Wildman–Crippen MR) is 161 cm³/mol. The number of hydrogen-bond donors (Lipinski definition) is 5. The van der Waals surface area contributed by atoms with Crippen LogP contribution in [0.5, 0.6) is 11.5 Å². The fraction of sp³-hybridized carbons (Fsp3) is 0.484. The molecule has 2 unspecified atom stereocenters. The number of carbonyl (C=O) groups excluding carboxylic acids is 2. The van der Waals surface area contributed by atoms with Gasteiger partial charge in [0.25, 0.3) is 1.43 Å². The summed E-state index contributed by atoms with van der Waals surface area (Å²) in [6, 6.07) is -5.83. The first-order valence-corrected chi connectivity index (χ1v) is 11.5. The van der Waals surface area contributed by atoms with Gasteiger partial charge in [-0.15, -0.1) is 0 Å². The van der Waals surface area contributed by atoms with Crippen molar-refractivity contribution in [2.24, 2.45) is 0 Å². The summed E-state index contributed by atoms with van der Waals surface area (Å²) in [5.41, 5.74) is -13.9. The molecular weight excluding hydrogens is 576 g/mol. The molecule has 0 fully saturated rings. The fourth-order valence-electron chi connectivity index (χ4n) is 2.53. The number of nitrogens with one attached hydrogen (secondary N) is 2. The number of carboxylic acid groups (broad SMARTS) is 2. The predicted octanol–water partition coefficient (Wildman–Crippen LogP) is 4.75. The summed E-state index contributed by atoms with van der Waals surface area (Å²) in [5.74, 6) is -6.13. The van der Waals surface area contributed by atoms with Gasteiger partial charge in [-0.2, -0.15) is 0 Å². The minimum atomic E-state index is -4.56. The van der Waals surface area contributed by atoms with Crippen LogP contribution in [0, 0.1) is 0 Å². The zero-order valence-electron chi connectivity index (χ0n) is 50.2. The fourth-order valence-corrected chi connectivity index (χ4v) is 2.53. The van der Waals surface area contributed by atoms with Gasteiger partial charge in [-0.1, -0.05) is 24.2 Å². The monoisotopic (exact) mass is 647 g/mol. The lowest BCUT2D eigenvalue weighted by atomic mass is 9.92. The average molecular weight is 648 g/mol. The van der Waals surface area contributed by atoms with E-state index in [0.29, 0.717) is 0 Å². The van der Waals surface area contributed by atoms with Crippen LogP contribution in [0.3, 0.4) is 0 Å². The van der Waals surface area contributed by atoms with Gasteiger partial charge < -0.3 is 44.9 Å². The normalized spacial score (nSPS) is 24.9. The van der Waals surface area contributed by atoms with Gasteiger partial charge >= 0.3 is 24.1 Å². The minimum Gasteiger partial charge on any atom is -0.508 e. The van der Waals surface area contributed by atoms with Gasteiger partial charge in [0.2, 0.25) is 0 Å². The highest BCUT2D eigenvalue weighted by Gasteiger charge is 2.39. The van der Waals surface area contributed by atoms with Crippen molar-refractivity contribution in [3.63, 3.8) is 0 Å². The summed E-state index contributed by atoms with van der Waals surface area (Å²) in [5, 5.41) is 24.5. The van der Waals surface area contributed by atoms with Gasteiger partial charge in [0.15, 0.2) is 12.5 Å². The maximum Gasteiger partial charge on any atom is 0.408 e. The zero-order chi connectivity index (χ0) is 56.8. The van der Waals surface area contributed by atoms with Crippen LogP contribution in [-0.2, 0) is 34.9 Å². The van der Waals surface area contributed by atoms with Gasteiger partial charge in [0.05, 0.1) is 24.4 Å². The summed E-state index contributed by atoms with van der Waals surface area (Å²) in [4.78, 5) is 49.9. The topological polar surface area (TPSA) is 190 Å². The van der Waals surface area contributed by atoms with Crippen molar-refractivity contribution in [1.82, 2.24) is 10.6 Å². The molecule has 244 valence electrons. The molecule has 0 saturated heterocycles. The van der Waals surface area contributed by atoms with Gasteiger partial charge in [-0.3, -0.25) is 0 Å². The number of phenols is 1. The second kappa shape index (κ2) is 15.3. The Morgan fingerprint density at radius 1 is 0.864 bits per heavy atom. The number of carbonyl (C=O) groups is 4. The third-order valence-electron chi connectivity index (χ3n) is 4.45. The second-order valence-electron chi connectivity index (χ2n) is 9.21. The Labute approximate surface area is 295 Å². The third-order valence-corrected chi connectivity index (χ3v) is 4.45. The van der Waals surface area contributed by atoms with Crippen LogP contribution in [-0.4, -0.2) is 70.8 Å². The molecule has 0 heterocycles. The lowest BCUT2D eigenvalue weighted by molar-refractivity contribution is -0.145. The molecule has 0 aliphatic carbocycles. The van der Waals surface area contributed by atoms with Gasteiger partial charge in [0.1, 0.15) is 29.3 Å². The van der Waals surface area contributed by atoms with Crippen LogP contribution < -0.4 is 15.4 Å². The largest absolute Gasteiger partial charge is 0.508 e. The number of amides is 2. The molecule has 13 heteroatoms. The maximum atomic E-state index is 13.2. The highest BCUT2D eigenvalue weighted by molar-refractivity contribution is 5.86. The zero-order valence-corrected chi connectivity index (χ0v) is 23.2. The van der Waals surface area contributed by atoms with Crippen LogP contribution in [0.4, 0.5) is 9.59 Å². The Morgan fingerprint density at radius 3 is 2.05 bits per heavy atom. The molecule has 2 amide bonds. The molecule has 5 N–H and O–H groups in total. The smallest absolute Gasteiger partial charge is 0.408 e. The van der Waals surface area contributed by atoms with Crippen LogP contribution in [0.2, 0.25) is 1.41 Å². The highest BCUT2D eigenvalue weighted by Crippen LogP contribution is 2.26. The van der Waals surface area contributed by atoms with Crippen LogP contribution in [0.15, 0.2) is 48.4 Å². The number of phenolic OH excluding ortho intramolecular Hbond substituents is 1. The van der Waals surface area contributed by atoms with E-state index in [4.69, 9.17) is 41.8 Å². The SMILES string of the molecule is [2H]OC(=O)C(C)(NC(=O)OC(C)(C)C)c1ccc(O)c([2H])c1[2H].[2H]c1c([2H])c(C(C(=O)O)(N([2H])C(=O)OC(C([2H])([2H])[2H])(C([2H])([2H])[2H])C([2H])([2H])[2H])C([2H])([2H])[2H])c([2H])c([2H])c1OC([2H])([2H])C([2H])([2H])OC([2H])([2H])[2H]. The van der Waals surface area contributed by atoms with Crippen LogP contribution >= 0.6 is 0 Å². The summed E-state index contributed by atoms with van der Waals surface area (Å²) in [6.07, 6.45) is -3.86. The van der Waals surface area contributed by atoms with Crippen molar-refractivity contribution in [3.8, 4) is 11.5 Å². The first kappa shape index (κ1) is 13.2. The van der Waals surface area contributed by atoms with Gasteiger partial charge in [0, 0.05) is 23.5 Å². The number of ether oxygens (including phenoxy) is 4. The summed E-state index contributed by atoms with van der Waals surface area (Å²) in [6.45, 7) is -19.2. The molecule has 0 bridgehead atoms. The molecule has 2 rings (SSSR count). The van der Waals surface area contributed by atoms with Crippen molar-refractivity contribution in [1.29, 1.82) is 1.43 Å². The Hall–Kier alpha value is -4.52. The Bertz CT molecular complexity index is 2280. The summed E-state index contributed by atoms with van der Waals surface area (Å²) in [7, 11) is -3.61. The molecule has 0 spiro atoms. The van der Waals surface area contributed by atoms with Crippen molar-refractivity contribution in [2.75, 3.05) is 20.2 Å².